The predicted molar refractivity (Wildman–Crippen MR) is 81.6 cm³/mol. The van der Waals surface area contributed by atoms with Crippen LogP contribution in [0.4, 0.5) is 5.95 Å². The summed E-state index contributed by atoms with van der Waals surface area (Å²) in [5.41, 5.74) is 7.62. The van der Waals surface area contributed by atoms with Gasteiger partial charge in [0.2, 0.25) is 5.95 Å². The van der Waals surface area contributed by atoms with E-state index in [1.807, 2.05) is 0 Å². The molecule has 110 valence electrons. The summed E-state index contributed by atoms with van der Waals surface area (Å²) < 4.78 is 5.71. The van der Waals surface area contributed by atoms with Crippen LogP contribution in [0.2, 0.25) is 0 Å². The van der Waals surface area contributed by atoms with Gasteiger partial charge in [-0.25, -0.2) is 15.0 Å². The molecule has 0 aliphatic carbocycles. The monoisotopic (exact) mass is 303 g/mol. The Morgan fingerprint density at radius 2 is 2.14 bits per heavy atom. The van der Waals surface area contributed by atoms with E-state index in [1.165, 1.54) is 5.01 Å². The van der Waals surface area contributed by atoms with E-state index in [2.05, 4.69) is 15.3 Å². The number of nitrogens with one attached hydrogen (secondary N) is 1. The lowest BCUT2D eigenvalue weighted by atomic mass is 9.99. The first-order valence-corrected chi connectivity index (χ1v) is 8.09. The molecule has 2 aliphatic heterocycles. The molecular formula is C14H17N5OS. The van der Waals surface area contributed by atoms with E-state index in [1.54, 1.807) is 17.5 Å². The van der Waals surface area contributed by atoms with Gasteiger partial charge in [0.25, 0.3) is 0 Å². The third-order valence-electron chi connectivity index (χ3n) is 3.99. The molecule has 3 N–H and O–H groups in total. The highest BCUT2D eigenvalue weighted by Gasteiger charge is 2.26. The summed E-state index contributed by atoms with van der Waals surface area (Å²) in [5, 5.41) is 4.63. The largest absolute Gasteiger partial charge is 0.489 e. The minimum Gasteiger partial charge on any atom is -0.489 e. The lowest BCUT2D eigenvalue weighted by Gasteiger charge is -2.20. The van der Waals surface area contributed by atoms with Gasteiger partial charge in [-0.2, -0.15) is 0 Å². The normalized spacial score (nSPS) is 18.5. The molecule has 0 atom stereocenters. The summed E-state index contributed by atoms with van der Waals surface area (Å²) in [6.07, 6.45) is 4.78. The Balaban J connectivity index is 1.77. The van der Waals surface area contributed by atoms with Crippen LogP contribution in [0.15, 0.2) is 6.20 Å². The van der Waals surface area contributed by atoms with Crippen molar-refractivity contribution >= 4 is 17.3 Å². The van der Waals surface area contributed by atoms with Crippen LogP contribution >= 0.6 is 11.3 Å². The van der Waals surface area contributed by atoms with Gasteiger partial charge in [-0.05, 0) is 25.9 Å². The Kier molecular flexibility index (Phi) is 3.23. The molecule has 0 radical (unpaired) electrons. The van der Waals surface area contributed by atoms with Gasteiger partial charge < -0.3 is 15.8 Å². The summed E-state index contributed by atoms with van der Waals surface area (Å²) in [7, 11) is 0. The predicted octanol–water partition coefficient (Wildman–Crippen LogP) is 1.58. The van der Waals surface area contributed by atoms with E-state index in [4.69, 9.17) is 15.5 Å². The first-order valence-electron chi connectivity index (χ1n) is 7.27. The number of hydrogen-bond donors (Lipinski definition) is 2. The van der Waals surface area contributed by atoms with Crippen LogP contribution in [-0.4, -0.2) is 34.6 Å². The van der Waals surface area contributed by atoms with Gasteiger partial charge in [-0.15, -0.1) is 11.3 Å². The van der Waals surface area contributed by atoms with Gasteiger partial charge >= 0.3 is 0 Å². The van der Waals surface area contributed by atoms with E-state index in [0.717, 1.165) is 48.6 Å². The average Bonchev–Trinajstić information content (AvgIpc) is 2.87. The van der Waals surface area contributed by atoms with Gasteiger partial charge in [-0.3, -0.25) is 0 Å². The lowest BCUT2D eigenvalue weighted by Crippen LogP contribution is -2.26. The first kappa shape index (κ1) is 13.0. The smallest absolute Gasteiger partial charge is 0.220 e. The molecule has 0 spiro atoms. The number of rotatable bonds is 1. The van der Waals surface area contributed by atoms with Crippen LogP contribution in [-0.2, 0) is 6.42 Å². The Hall–Kier alpha value is -1.73. The van der Waals surface area contributed by atoms with Crippen LogP contribution < -0.4 is 15.8 Å². The summed E-state index contributed by atoms with van der Waals surface area (Å²) in [5.74, 6) is 1.55. The molecule has 0 saturated carbocycles. The number of anilines is 1. The maximum atomic E-state index is 5.74. The van der Waals surface area contributed by atoms with Gasteiger partial charge in [-0.1, -0.05) is 0 Å². The van der Waals surface area contributed by atoms with Crippen LogP contribution in [0.5, 0.6) is 5.75 Å². The molecule has 1 saturated heterocycles. The molecule has 4 rings (SSSR count). The van der Waals surface area contributed by atoms with E-state index in [9.17, 15) is 0 Å². The Bertz CT molecular complexity index is 665. The fourth-order valence-electron chi connectivity index (χ4n) is 2.88. The maximum absolute atomic E-state index is 5.74. The fraction of sp³-hybridized carbons (Fsp3) is 0.500. The molecule has 4 heterocycles. The highest BCUT2D eigenvalue weighted by molar-refractivity contribution is 7.15. The molecule has 7 heteroatoms. The zero-order chi connectivity index (χ0) is 14.2. The molecule has 2 aromatic rings. The molecule has 0 unspecified atom stereocenters. The van der Waals surface area contributed by atoms with Crippen molar-refractivity contribution in [1.82, 2.24) is 20.3 Å². The number of ether oxygens (including phenoxy) is 1. The molecule has 21 heavy (non-hydrogen) atoms. The van der Waals surface area contributed by atoms with E-state index < -0.39 is 0 Å². The molecular weight excluding hydrogens is 286 g/mol. The molecule has 0 amide bonds. The second kappa shape index (κ2) is 5.23. The van der Waals surface area contributed by atoms with Crippen LogP contribution in [0, 0.1) is 0 Å². The van der Waals surface area contributed by atoms with E-state index >= 15 is 0 Å². The summed E-state index contributed by atoms with van der Waals surface area (Å²) in [6.45, 7) is 2.76. The molecule has 2 aromatic heterocycles. The van der Waals surface area contributed by atoms with Crippen LogP contribution in [0.25, 0.3) is 10.6 Å². The van der Waals surface area contributed by atoms with Crippen molar-refractivity contribution in [1.29, 1.82) is 0 Å². The number of nitrogens with two attached hydrogens (primary N) is 1. The number of hydrogen-bond acceptors (Lipinski definition) is 7. The zero-order valence-corrected chi connectivity index (χ0v) is 12.4. The third kappa shape index (κ3) is 2.36. The number of nitrogens with zero attached hydrogens (tertiary/aromatic N) is 3. The summed E-state index contributed by atoms with van der Waals surface area (Å²) >= 11 is 1.74. The number of nitrogen functional groups attached to an aromatic ring is 1. The number of piperidine rings is 1. The summed E-state index contributed by atoms with van der Waals surface area (Å²) in [4.78, 5) is 14.4. The van der Waals surface area contributed by atoms with Crippen molar-refractivity contribution in [3.8, 4) is 16.3 Å². The third-order valence-corrected chi connectivity index (χ3v) is 5.25. The Labute approximate surface area is 126 Å². The minimum absolute atomic E-state index is 0.280. The number of aromatic nitrogens is 3. The SMILES string of the molecule is Nc1ncc2c(n1)-c1sc(C3CCNCC3)nc1CCO2. The molecule has 1 fully saturated rings. The average molecular weight is 303 g/mol. The van der Waals surface area contributed by atoms with Crippen molar-refractivity contribution in [2.75, 3.05) is 25.4 Å². The molecule has 0 aromatic carbocycles. The minimum atomic E-state index is 0.280. The van der Waals surface area contributed by atoms with Crippen molar-refractivity contribution in [3.63, 3.8) is 0 Å². The number of fused-ring (bicyclic) bond motifs is 3. The van der Waals surface area contributed by atoms with Gasteiger partial charge in [0, 0.05) is 12.3 Å². The fourth-order valence-corrected chi connectivity index (χ4v) is 4.15. The maximum Gasteiger partial charge on any atom is 0.220 e. The lowest BCUT2D eigenvalue weighted by molar-refractivity contribution is 0.323. The highest BCUT2D eigenvalue weighted by Crippen LogP contribution is 2.40. The standard InChI is InChI=1S/C14H17N5OS/c15-14-17-7-10-11(19-14)12-9(3-6-20-10)18-13(21-12)8-1-4-16-5-2-8/h7-8,16H,1-6H2,(H2,15,17,19). The van der Waals surface area contributed by atoms with E-state index in [-0.39, 0.29) is 5.95 Å². The van der Waals surface area contributed by atoms with E-state index in [0.29, 0.717) is 18.3 Å². The van der Waals surface area contributed by atoms with Crippen molar-refractivity contribution < 1.29 is 4.74 Å². The first-order chi connectivity index (χ1) is 10.3. The van der Waals surface area contributed by atoms with Crippen molar-refractivity contribution in [2.24, 2.45) is 0 Å². The van der Waals surface area contributed by atoms with Gasteiger partial charge in [0.15, 0.2) is 5.75 Å². The Morgan fingerprint density at radius 1 is 1.29 bits per heavy atom. The molecule has 6 nitrogen and oxygen atoms in total. The second-order valence-corrected chi connectivity index (χ2v) is 6.42. The number of thiazole rings is 1. The summed E-state index contributed by atoms with van der Waals surface area (Å²) in [6, 6.07) is 0. The van der Waals surface area contributed by atoms with Crippen LogP contribution in [0.1, 0.15) is 29.5 Å². The van der Waals surface area contributed by atoms with Crippen molar-refractivity contribution in [2.45, 2.75) is 25.2 Å². The second-order valence-electron chi connectivity index (χ2n) is 5.39. The molecule has 0 bridgehead atoms. The van der Waals surface area contributed by atoms with Gasteiger partial charge in [0.1, 0.15) is 5.69 Å². The van der Waals surface area contributed by atoms with Crippen LogP contribution in [0.3, 0.4) is 0 Å². The zero-order valence-electron chi connectivity index (χ0n) is 11.6. The highest BCUT2D eigenvalue weighted by atomic mass is 32.1. The van der Waals surface area contributed by atoms with Gasteiger partial charge in [0.05, 0.1) is 28.4 Å². The topological polar surface area (TPSA) is 86.0 Å². The quantitative estimate of drug-likeness (QED) is 0.832. The Morgan fingerprint density at radius 3 is 3.00 bits per heavy atom. The molecule has 2 aliphatic rings. The van der Waals surface area contributed by atoms with Crippen molar-refractivity contribution in [3.05, 3.63) is 16.9 Å².